The van der Waals surface area contributed by atoms with Gasteiger partial charge in [-0.15, -0.1) is 0 Å². The quantitative estimate of drug-likeness (QED) is 0.699. The Morgan fingerprint density at radius 2 is 2.06 bits per heavy atom. The largest absolute Gasteiger partial charge is 0.336 e. The lowest BCUT2D eigenvalue weighted by Crippen LogP contribution is -2.27. The smallest absolute Gasteiger partial charge is 0.251 e. The second-order valence-electron chi connectivity index (χ2n) is 4.66. The maximum atomic E-state index is 12.2. The van der Waals surface area contributed by atoms with Gasteiger partial charge >= 0.3 is 0 Å². The average molecular weight is 248 g/mol. The molecular weight excluding hydrogens is 234 g/mol. The molecule has 2 fully saturated rings. The Morgan fingerprint density at radius 3 is 2.76 bits per heavy atom. The van der Waals surface area contributed by atoms with Gasteiger partial charge in [-0.1, -0.05) is 41.9 Å². The van der Waals surface area contributed by atoms with E-state index in [0.29, 0.717) is 11.1 Å². The summed E-state index contributed by atoms with van der Waals surface area (Å²) in [4.78, 5) is 14.2. The van der Waals surface area contributed by atoms with Crippen molar-refractivity contribution in [1.82, 2.24) is 4.90 Å². The first kappa shape index (κ1) is 10.8. The number of hydrogen-bond donors (Lipinski definition) is 0. The van der Waals surface area contributed by atoms with Gasteiger partial charge < -0.3 is 4.90 Å². The molecule has 17 heavy (non-hydrogen) atoms. The van der Waals surface area contributed by atoms with Crippen molar-refractivity contribution in [3.63, 3.8) is 0 Å². The fourth-order valence-electron chi connectivity index (χ4n) is 2.75. The van der Waals surface area contributed by atoms with Crippen LogP contribution in [0.1, 0.15) is 24.8 Å². The van der Waals surface area contributed by atoms with E-state index >= 15 is 0 Å². The third-order valence-corrected chi connectivity index (χ3v) is 4.07. The second-order valence-corrected chi connectivity index (χ2v) is 5.04. The molecule has 3 rings (SSSR count). The highest BCUT2D eigenvalue weighted by Crippen LogP contribution is 2.37. The maximum absolute atomic E-state index is 12.2. The molecule has 1 aromatic rings. The SMILES string of the molecule is O=C1/C(=C(/Cl)c2ccccc2)C[C@H]2CCCN12. The fourth-order valence-corrected chi connectivity index (χ4v) is 3.04. The minimum Gasteiger partial charge on any atom is -0.336 e. The van der Waals surface area contributed by atoms with Crippen molar-refractivity contribution in [2.75, 3.05) is 6.54 Å². The lowest BCUT2D eigenvalue weighted by molar-refractivity contribution is -0.125. The Morgan fingerprint density at radius 1 is 1.29 bits per heavy atom. The van der Waals surface area contributed by atoms with Gasteiger partial charge in [-0.3, -0.25) is 4.79 Å². The Hall–Kier alpha value is -1.28. The summed E-state index contributed by atoms with van der Waals surface area (Å²) in [6.45, 7) is 0.895. The molecule has 0 saturated carbocycles. The van der Waals surface area contributed by atoms with Crippen molar-refractivity contribution in [1.29, 1.82) is 0 Å². The van der Waals surface area contributed by atoms with E-state index < -0.39 is 0 Å². The van der Waals surface area contributed by atoms with Gasteiger partial charge in [0.2, 0.25) is 0 Å². The number of carbonyl (C=O) groups excluding carboxylic acids is 1. The molecule has 0 aromatic heterocycles. The van der Waals surface area contributed by atoms with Crippen molar-refractivity contribution in [3.8, 4) is 0 Å². The van der Waals surface area contributed by atoms with E-state index in [9.17, 15) is 4.79 Å². The summed E-state index contributed by atoms with van der Waals surface area (Å²) in [6.07, 6.45) is 3.06. The summed E-state index contributed by atoms with van der Waals surface area (Å²) in [5.41, 5.74) is 1.74. The van der Waals surface area contributed by atoms with Crippen LogP contribution < -0.4 is 0 Å². The monoisotopic (exact) mass is 247 g/mol. The molecule has 2 aliphatic heterocycles. The van der Waals surface area contributed by atoms with Crippen LogP contribution in [-0.4, -0.2) is 23.4 Å². The summed E-state index contributed by atoms with van der Waals surface area (Å²) in [7, 11) is 0. The van der Waals surface area contributed by atoms with Crippen molar-refractivity contribution >= 4 is 22.5 Å². The number of amides is 1. The molecule has 3 heteroatoms. The zero-order valence-electron chi connectivity index (χ0n) is 9.53. The highest BCUT2D eigenvalue weighted by Gasteiger charge is 2.39. The molecule has 0 aliphatic carbocycles. The van der Waals surface area contributed by atoms with Crippen LogP contribution in [0.2, 0.25) is 0 Å². The minimum absolute atomic E-state index is 0.140. The first-order valence-electron chi connectivity index (χ1n) is 6.02. The van der Waals surface area contributed by atoms with Crippen LogP contribution in [0, 0.1) is 0 Å². The Kier molecular flexibility index (Phi) is 2.67. The van der Waals surface area contributed by atoms with Crippen molar-refractivity contribution in [3.05, 3.63) is 41.5 Å². The van der Waals surface area contributed by atoms with Crippen molar-refractivity contribution < 1.29 is 4.79 Å². The van der Waals surface area contributed by atoms with E-state index in [1.165, 1.54) is 0 Å². The molecule has 2 saturated heterocycles. The summed E-state index contributed by atoms with van der Waals surface area (Å²) < 4.78 is 0. The van der Waals surface area contributed by atoms with E-state index in [1.54, 1.807) is 0 Å². The van der Waals surface area contributed by atoms with Gasteiger partial charge in [0.25, 0.3) is 5.91 Å². The molecule has 2 heterocycles. The predicted molar refractivity (Wildman–Crippen MR) is 68.6 cm³/mol. The first-order chi connectivity index (χ1) is 8.27. The number of fused-ring (bicyclic) bond motifs is 1. The van der Waals surface area contributed by atoms with Gasteiger partial charge in [-0.25, -0.2) is 0 Å². The van der Waals surface area contributed by atoms with Crippen LogP contribution in [0.25, 0.3) is 5.03 Å². The van der Waals surface area contributed by atoms with Crippen LogP contribution >= 0.6 is 11.6 Å². The summed E-state index contributed by atoms with van der Waals surface area (Å²) in [6, 6.07) is 10.1. The molecule has 0 radical (unpaired) electrons. The van der Waals surface area contributed by atoms with Gasteiger partial charge in [0.15, 0.2) is 0 Å². The van der Waals surface area contributed by atoms with Crippen LogP contribution in [0.5, 0.6) is 0 Å². The molecule has 1 aromatic carbocycles. The zero-order chi connectivity index (χ0) is 11.8. The highest BCUT2D eigenvalue weighted by molar-refractivity contribution is 6.51. The van der Waals surface area contributed by atoms with Crippen LogP contribution in [0.15, 0.2) is 35.9 Å². The van der Waals surface area contributed by atoms with Gasteiger partial charge in [-0.2, -0.15) is 0 Å². The topological polar surface area (TPSA) is 20.3 Å². The predicted octanol–water partition coefficient (Wildman–Crippen LogP) is 3.03. The number of nitrogens with zero attached hydrogens (tertiary/aromatic N) is 1. The molecule has 1 atom stereocenters. The van der Waals surface area contributed by atoms with Crippen molar-refractivity contribution in [2.45, 2.75) is 25.3 Å². The first-order valence-corrected chi connectivity index (χ1v) is 6.40. The summed E-state index contributed by atoms with van der Waals surface area (Å²) >= 11 is 6.35. The lowest BCUT2D eigenvalue weighted by atomic mass is 10.1. The molecule has 88 valence electrons. The van der Waals surface area contributed by atoms with E-state index in [4.69, 9.17) is 11.6 Å². The molecule has 1 amide bonds. The van der Waals surface area contributed by atoms with Crippen LogP contribution in [-0.2, 0) is 4.79 Å². The van der Waals surface area contributed by atoms with Crippen molar-refractivity contribution in [2.24, 2.45) is 0 Å². The number of halogens is 1. The number of carbonyl (C=O) groups is 1. The normalized spacial score (nSPS) is 26.3. The van der Waals surface area contributed by atoms with E-state index in [1.807, 2.05) is 35.2 Å². The third-order valence-electron chi connectivity index (χ3n) is 3.63. The molecule has 0 spiro atoms. The van der Waals surface area contributed by atoms with E-state index in [-0.39, 0.29) is 5.91 Å². The zero-order valence-corrected chi connectivity index (χ0v) is 10.3. The van der Waals surface area contributed by atoms with Gasteiger partial charge in [0, 0.05) is 18.2 Å². The Bertz CT molecular complexity index is 480. The summed E-state index contributed by atoms with van der Waals surface area (Å²) in [5, 5.41) is 0.630. The van der Waals surface area contributed by atoms with Crippen LogP contribution in [0.4, 0.5) is 0 Å². The minimum atomic E-state index is 0.140. The molecule has 0 bridgehead atoms. The number of benzene rings is 1. The number of hydrogen-bond acceptors (Lipinski definition) is 1. The second kappa shape index (κ2) is 4.19. The molecule has 0 unspecified atom stereocenters. The highest BCUT2D eigenvalue weighted by atomic mass is 35.5. The van der Waals surface area contributed by atoms with Gasteiger partial charge in [0.1, 0.15) is 0 Å². The van der Waals surface area contributed by atoms with E-state index in [2.05, 4.69) is 0 Å². The van der Waals surface area contributed by atoms with Gasteiger partial charge in [-0.05, 0) is 24.8 Å². The Labute approximate surface area is 106 Å². The fraction of sp³-hybridized carbons (Fsp3) is 0.357. The standard InChI is InChI=1S/C14H14ClNO/c15-13(10-5-2-1-3-6-10)12-9-11-7-4-8-16(11)14(12)17/h1-3,5-6,11H,4,7-9H2/b13-12+/t11-/m1/s1. The Balaban J connectivity index is 1.97. The third kappa shape index (κ3) is 1.77. The molecule has 2 aliphatic rings. The van der Waals surface area contributed by atoms with Gasteiger partial charge in [0.05, 0.1) is 5.03 Å². The average Bonchev–Trinajstić information content (AvgIpc) is 2.93. The maximum Gasteiger partial charge on any atom is 0.251 e. The number of rotatable bonds is 1. The van der Waals surface area contributed by atoms with Crippen LogP contribution in [0.3, 0.4) is 0 Å². The molecule has 0 N–H and O–H groups in total. The molecule has 2 nitrogen and oxygen atoms in total. The summed E-state index contributed by atoms with van der Waals surface area (Å²) in [5.74, 6) is 0.140. The lowest BCUT2D eigenvalue weighted by Gasteiger charge is -2.13. The van der Waals surface area contributed by atoms with E-state index in [0.717, 1.165) is 36.9 Å². The molecular formula is C14H14ClNO.